The maximum absolute atomic E-state index is 4.69. The zero-order valence-electron chi connectivity index (χ0n) is 13.3. The summed E-state index contributed by atoms with van der Waals surface area (Å²) in [6.45, 7) is 8.46. The lowest BCUT2D eigenvalue weighted by Gasteiger charge is -2.08. The van der Waals surface area contributed by atoms with Crippen LogP contribution in [0.4, 0.5) is 0 Å². The molecule has 1 aliphatic carbocycles. The van der Waals surface area contributed by atoms with Crippen LogP contribution in [0.5, 0.6) is 0 Å². The van der Waals surface area contributed by atoms with Gasteiger partial charge in [-0.25, -0.2) is 0 Å². The van der Waals surface area contributed by atoms with E-state index >= 15 is 0 Å². The highest BCUT2D eigenvalue weighted by molar-refractivity contribution is 5.69. The fourth-order valence-corrected chi connectivity index (χ4v) is 2.93. The summed E-state index contributed by atoms with van der Waals surface area (Å²) in [5.41, 5.74) is 6.37. The minimum atomic E-state index is 0.754. The molecular weight excluding hydrogens is 258 g/mol. The van der Waals surface area contributed by atoms with Crippen LogP contribution in [0.2, 0.25) is 0 Å². The van der Waals surface area contributed by atoms with Crippen molar-refractivity contribution in [3.63, 3.8) is 0 Å². The van der Waals surface area contributed by atoms with Gasteiger partial charge in [0.25, 0.3) is 0 Å². The van der Waals surface area contributed by atoms with Crippen LogP contribution >= 0.6 is 0 Å². The Hall–Kier alpha value is -1.61. The Bertz CT molecular complexity index is 623. The molecule has 1 fully saturated rings. The Labute approximate surface area is 127 Å². The molecule has 0 radical (unpaired) electrons. The number of benzene rings is 1. The van der Waals surface area contributed by atoms with Gasteiger partial charge < -0.3 is 5.32 Å². The van der Waals surface area contributed by atoms with E-state index in [1.54, 1.807) is 0 Å². The summed E-state index contributed by atoms with van der Waals surface area (Å²) in [6, 6.07) is 9.63. The number of aryl methyl sites for hydroxylation is 2. The highest BCUT2D eigenvalue weighted by Crippen LogP contribution is 2.28. The van der Waals surface area contributed by atoms with Crippen LogP contribution in [0.1, 0.15) is 43.1 Å². The van der Waals surface area contributed by atoms with Crippen molar-refractivity contribution in [2.45, 2.75) is 59.2 Å². The second kappa shape index (κ2) is 6.02. The smallest absolute Gasteiger partial charge is 0.0674 e. The third kappa shape index (κ3) is 3.18. The quantitative estimate of drug-likeness (QED) is 0.873. The second-order valence-electron chi connectivity index (χ2n) is 6.12. The molecule has 0 bridgehead atoms. The lowest BCUT2D eigenvalue weighted by atomic mass is 10.0. The van der Waals surface area contributed by atoms with Gasteiger partial charge in [-0.05, 0) is 50.3 Å². The molecule has 1 aromatic heterocycles. The lowest BCUT2D eigenvalue weighted by molar-refractivity contribution is 0.583. The predicted molar refractivity (Wildman–Crippen MR) is 87.3 cm³/mol. The van der Waals surface area contributed by atoms with E-state index in [9.17, 15) is 0 Å². The maximum Gasteiger partial charge on any atom is 0.0674 e. The van der Waals surface area contributed by atoms with E-state index in [1.807, 2.05) is 0 Å². The molecule has 3 rings (SSSR count). The van der Waals surface area contributed by atoms with E-state index in [4.69, 9.17) is 5.10 Å². The van der Waals surface area contributed by atoms with E-state index < -0.39 is 0 Å². The van der Waals surface area contributed by atoms with Crippen LogP contribution in [0.15, 0.2) is 24.3 Å². The summed E-state index contributed by atoms with van der Waals surface area (Å²) in [6.07, 6.45) is 3.79. The summed E-state index contributed by atoms with van der Waals surface area (Å²) >= 11 is 0. The number of nitrogens with zero attached hydrogens (tertiary/aromatic N) is 2. The summed E-state index contributed by atoms with van der Waals surface area (Å²) in [5, 5.41) is 8.28. The van der Waals surface area contributed by atoms with Gasteiger partial charge in [-0.15, -0.1) is 0 Å². The topological polar surface area (TPSA) is 29.9 Å². The van der Waals surface area contributed by atoms with Crippen molar-refractivity contribution in [3.05, 3.63) is 41.2 Å². The van der Waals surface area contributed by atoms with Crippen molar-refractivity contribution in [3.8, 4) is 11.1 Å². The molecule has 0 saturated heterocycles. The first-order valence-corrected chi connectivity index (χ1v) is 8.05. The minimum absolute atomic E-state index is 0.754. The second-order valence-corrected chi connectivity index (χ2v) is 6.12. The normalized spacial score (nSPS) is 14.6. The van der Waals surface area contributed by atoms with Crippen molar-refractivity contribution in [1.29, 1.82) is 0 Å². The van der Waals surface area contributed by atoms with Crippen LogP contribution in [0.3, 0.4) is 0 Å². The largest absolute Gasteiger partial charge is 0.310 e. The third-order valence-corrected chi connectivity index (χ3v) is 4.20. The maximum atomic E-state index is 4.69. The Kier molecular flexibility index (Phi) is 4.11. The Balaban J connectivity index is 1.86. The molecule has 2 aromatic rings. The molecule has 1 aromatic carbocycles. The van der Waals surface area contributed by atoms with Gasteiger partial charge in [0.15, 0.2) is 0 Å². The number of aromatic nitrogens is 2. The molecule has 0 spiro atoms. The average molecular weight is 283 g/mol. The Morgan fingerprint density at radius 2 is 2.10 bits per heavy atom. The average Bonchev–Trinajstić information content (AvgIpc) is 3.25. The monoisotopic (exact) mass is 283 g/mol. The Morgan fingerprint density at radius 3 is 2.81 bits per heavy atom. The molecule has 3 nitrogen and oxygen atoms in total. The number of hydrogen-bond donors (Lipinski definition) is 1. The molecule has 112 valence electrons. The summed E-state index contributed by atoms with van der Waals surface area (Å²) < 4.78 is 2.14. The van der Waals surface area contributed by atoms with Gasteiger partial charge in [0, 0.05) is 30.4 Å². The van der Waals surface area contributed by atoms with Gasteiger partial charge in [0.05, 0.1) is 5.69 Å². The van der Waals surface area contributed by atoms with Crippen molar-refractivity contribution >= 4 is 0 Å². The number of nitrogens with one attached hydrogen (secondary N) is 1. The molecule has 1 aliphatic rings. The molecule has 1 N–H and O–H groups in total. The molecule has 0 aliphatic heterocycles. The summed E-state index contributed by atoms with van der Waals surface area (Å²) in [4.78, 5) is 0. The van der Waals surface area contributed by atoms with Crippen molar-refractivity contribution in [2.24, 2.45) is 0 Å². The SMILES string of the molecule is CCCn1nc(C)c(-c2cccc(CNC3CC3)c2)c1C. The van der Waals surface area contributed by atoms with Crippen molar-refractivity contribution in [2.75, 3.05) is 0 Å². The van der Waals surface area contributed by atoms with Crippen LogP contribution in [0, 0.1) is 13.8 Å². The van der Waals surface area contributed by atoms with E-state index in [0.717, 1.165) is 31.2 Å². The van der Waals surface area contributed by atoms with E-state index in [2.05, 4.69) is 55.0 Å². The van der Waals surface area contributed by atoms with Crippen molar-refractivity contribution < 1.29 is 0 Å². The van der Waals surface area contributed by atoms with Gasteiger partial charge >= 0.3 is 0 Å². The first-order valence-electron chi connectivity index (χ1n) is 8.05. The zero-order chi connectivity index (χ0) is 14.8. The molecule has 1 saturated carbocycles. The Morgan fingerprint density at radius 1 is 1.29 bits per heavy atom. The number of hydrogen-bond acceptors (Lipinski definition) is 2. The van der Waals surface area contributed by atoms with E-state index in [0.29, 0.717) is 0 Å². The van der Waals surface area contributed by atoms with E-state index in [-0.39, 0.29) is 0 Å². The minimum Gasteiger partial charge on any atom is -0.310 e. The van der Waals surface area contributed by atoms with E-state index in [1.165, 1.54) is 35.2 Å². The molecule has 21 heavy (non-hydrogen) atoms. The van der Waals surface area contributed by atoms with Crippen LogP contribution in [-0.2, 0) is 13.1 Å². The fourth-order valence-electron chi connectivity index (χ4n) is 2.93. The van der Waals surface area contributed by atoms with Crippen molar-refractivity contribution in [1.82, 2.24) is 15.1 Å². The van der Waals surface area contributed by atoms with Gasteiger partial charge in [-0.3, -0.25) is 4.68 Å². The standard InChI is InChI=1S/C18H25N3/c1-4-10-21-14(3)18(13(2)20-21)16-7-5-6-15(11-16)12-19-17-8-9-17/h5-7,11,17,19H,4,8-10,12H2,1-3H3. The first-order chi connectivity index (χ1) is 10.2. The van der Waals surface area contributed by atoms with Gasteiger partial charge in [0.2, 0.25) is 0 Å². The third-order valence-electron chi connectivity index (χ3n) is 4.20. The van der Waals surface area contributed by atoms with Gasteiger partial charge in [-0.1, -0.05) is 25.1 Å². The highest BCUT2D eigenvalue weighted by Gasteiger charge is 2.20. The van der Waals surface area contributed by atoms with Gasteiger partial charge in [0.1, 0.15) is 0 Å². The van der Waals surface area contributed by atoms with Crippen LogP contribution < -0.4 is 5.32 Å². The molecule has 0 amide bonds. The molecule has 0 unspecified atom stereocenters. The summed E-state index contributed by atoms with van der Waals surface area (Å²) in [7, 11) is 0. The molecule has 0 atom stereocenters. The fraction of sp³-hybridized carbons (Fsp3) is 0.500. The summed E-state index contributed by atoms with van der Waals surface area (Å²) in [5.74, 6) is 0. The zero-order valence-corrected chi connectivity index (χ0v) is 13.3. The first kappa shape index (κ1) is 14.3. The molecule has 3 heteroatoms. The molecular formula is C18H25N3. The molecule has 1 heterocycles. The predicted octanol–water partition coefficient (Wildman–Crippen LogP) is 3.83. The van der Waals surface area contributed by atoms with Crippen LogP contribution in [0.25, 0.3) is 11.1 Å². The van der Waals surface area contributed by atoms with Gasteiger partial charge in [-0.2, -0.15) is 5.10 Å². The lowest BCUT2D eigenvalue weighted by Crippen LogP contribution is -2.15. The van der Waals surface area contributed by atoms with Crippen LogP contribution in [-0.4, -0.2) is 15.8 Å². The number of rotatable bonds is 6. The highest BCUT2D eigenvalue weighted by atomic mass is 15.3.